The first-order valence-electron chi connectivity index (χ1n) is 9.86. The van der Waals surface area contributed by atoms with Crippen molar-refractivity contribution in [1.82, 2.24) is 9.55 Å². The van der Waals surface area contributed by atoms with E-state index in [1.165, 1.54) is 23.9 Å². The number of aromatic nitrogens is 2. The van der Waals surface area contributed by atoms with E-state index >= 15 is 0 Å². The van der Waals surface area contributed by atoms with E-state index < -0.39 is 5.91 Å². The van der Waals surface area contributed by atoms with Crippen LogP contribution >= 0.6 is 11.8 Å². The number of fused-ring (bicyclic) bond motifs is 1. The largest absolute Gasteiger partial charge is 0.490 e. The van der Waals surface area contributed by atoms with Crippen LogP contribution in [0.2, 0.25) is 0 Å². The van der Waals surface area contributed by atoms with Crippen LogP contribution in [0.25, 0.3) is 10.9 Å². The Labute approximate surface area is 177 Å². The third-order valence-corrected chi connectivity index (χ3v) is 6.22. The summed E-state index contributed by atoms with van der Waals surface area (Å²) in [6.45, 7) is 0. The maximum Gasteiger partial charge on any atom is 0.262 e. The summed E-state index contributed by atoms with van der Waals surface area (Å²) in [7, 11) is 0. The van der Waals surface area contributed by atoms with E-state index in [4.69, 9.17) is 10.5 Å². The van der Waals surface area contributed by atoms with E-state index in [-0.39, 0.29) is 29.3 Å². The van der Waals surface area contributed by atoms with Crippen molar-refractivity contribution in [3.8, 4) is 5.75 Å². The highest BCUT2D eigenvalue weighted by molar-refractivity contribution is 7.99. The van der Waals surface area contributed by atoms with Gasteiger partial charge in [-0.3, -0.25) is 14.2 Å². The zero-order chi connectivity index (χ0) is 21.1. The van der Waals surface area contributed by atoms with Gasteiger partial charge < -0.3 is 10.5 Å². The molecule has 1 heterocycles. The highest BCUT2D eigenvalue weighted by Gasteiger charge is 2.27. The highest BCUT2D eigenvalue weighted by atomic mass is 32.2. The molecule has 3 aromatic rings. The molecule has 0 atom stereocenters. The number of nitrogens with two attached hydrogens (primary N) is 1. The number of carbonyl (C=O) groups is 1. The maximum atomic E-state index is 13.2. The summed E-state index contributed by atoms with van der Waals surface area (Å²) in [4.78, 5) is 29.1. The fourth-order valence-electron chi connectivity index (χ4n) is 3.81. The minimum atomic E-state index is -0.453. The number of hydrogen-bond acceptors (Lipinski definition) is 5. The van der Waals surface area contributed by atoms with Gasteiger partial charge in [-0.2, -0.15) is 0 Å². The minimum Gasteiger partial charge on any atom is -0.490 e. The van der Waals surface area contributed by atoms with Gasteiger partial charge in [-0.15, -0.1) is 0 Å². The van der Waals surface area contributed by atoms with E-state index in [1.54, 1.807) is 28.8 Å². The first-order chi connectivity index (χ1) is 14.5. The van der Waals surface area contributed by atoms with Gasteiger partial charge in [0.25, 0.3) is 5.56 Å². The summed E-state index contributed by atoms with van der Waals surface area (Å²) in [5.74, 6) is -0.0453. The predicted octanol–water partition coefficient (Wildman–Crippen LogP) is 3.68. The fraction of sp³-hybridized carbons (Fsp3) is 0.318. The van der Waals surface area contributed by atoms with Gasteiger partial charge in [0.05, 0.1) is 22.8 Å². The van der Waals surface area contributed by atoms with Gasteiger partial charge in [0.1, 0.15) is 11.6 Å². The number of amides is 1. The predicted molar refractivity (Wildman–Crippen MR) is 114 cm³/mol. The molecule has 6 nitrogen and oxygen atoms in total. The molecule has 0 radical (unpaired) electrons. The monoisotopic (exact) mass is 427 g/mol. The average molecular weight is 428 g/mol. The Morgan fingerprint density at radius 2 is 1.83 bits per heavy atom. The number of primary amides is 1. The summed E-state index contributed by atoms with van der Waals surface area (Å²) in [5.41, 5.74) is 5.81. The topological polar surface area (TPSA) is 87.2 Å². The van der Waals surface area contributed by atoms with Gasteiger partial charge in [0.2, 0.25) is 5.91 Å². The molecule has 1 aliphatic carbocycles. The van der Waals surface area contributed by atoms with Crippen LogP contribution < -0.4 is 16.0 Å². The van der Waals surface area contributed by atoms with Gasteiger partial charge >= 0.3 is 0 Å². The number of benzene rings is 2. The highest BCUT2D eigenvalue weighted by Crippen LogP contribution is 2.33. The molecule has 8 heteroatoms. The number of halogens is 1. The molecule has 0 spiro atoms. The Morgan fingerprint density at radius 3 is 2.53 bits per heavy atom. The Kier molecular flexibility index (Phi) is 6.03. The van der Waals surface area contributed by atoms with Crippen molar-refractivity contribution < 1.29 is 13.9 Å². The molecule has 2 aromatic carbocycles. The van der Waals surface area contributed by atoms with Crippen LogP contribution in [0.5, 0.6) is 5.75 Å². The van der Waals surface area contributed by atoms with E-state index in [2.05, 4.69) is 4.98 Å². The van der Waals surface area contributed by atoms with Crippen LogP contribution in [0.3, 0.4) is 0 Å². The molecule has 1 fully saturated rings. The van der Waals surface area contributed by atoms with Gasteiger partial charge in [-0.25, -0.2) is 9.37 Å². The fourth-order valence-corrected chi connectivity index (χ4v) is 4.62. The van der Waals surface area contributed by atoms with Crippen LogP contribution in [0.4, 0.5) is 4.39 Å². The summed E-state index contributed by atoms with van der Waals surface area (Å²) >= 11 is 1.19. The summed E-state index contributed by atoms with van der Waals surface area (Å²) in [6, 6.07) is 13.2. The summed E-state index contributed by atoms with van der Waals surface area (Å²) in [6.07, 6.45) is 3.03. The number of hydrogen-bond donors (Lipinski definition) is 1. The molecule has 30 heavy (non-hydrogen) atoms. The molecule has 1 aliphatic rings. The van der Waals surface area contributed by atoms with Crippen LogP contribution in [0.15, 0.2) is 58.5 Å². The zero-order valence-electron chi connectivity index (χ0n) is 16.3. The molecular formula is C22H22FN3O3S. The first-order valence-corrected chi connectivity index (χ1v) is 10.8. The number of para-hydroxylation sites is 1. The van der Waals surface area contributed by atoms with Crippen molar-refractivity contribution >= 4 is 28.6 Å². The van der Waals surface area contributed by atoms with E-state index in [9.17, 15) is 14.0 Å². The van der Waals surface area contributed by atoms with Crippen molar-refractivity contribution in [2.75, 3.05) is 5.75 Å². The lowest BCUT2D eigenvalue weighted by molar-refractivity contribution is -0.115. The zero-order valence-corrected chi connectivity index (χ0v) is 17.1. The molecule has 0 unspecified atom stereocenters. The number of carbonyl (C=O) groups excluding carboxylic acids is 1. The number of rotatable bonds is 6. The molecule has 0 bridgehead atoms. The summed E-state index contributed by atoms with van der Waals surface area (Å²) < 4.78 is 20.8. The van der Waals surface area contributed by atoms with Gasteiger partial charge in [-0.05, 0) is 62.1 Å². The van der Waals surface area contributed by atoms with E-state index in [0.717, 1.165) is 25.7 Å². The molecule has 4 rings (SSSR count). The molecule has 2 N–H and O–H groups in total. The molecule has 1 aromatic heterocycles. The standard InChI is InChI=1S/C22H22FN3O3S/c23-14-5-9-16(10-6-14)29-17-11-7-15(8-12-17)26-21(28)18-3-1-2-4-19(18)25-22(26)30-13-20(24)27/h1-6,9-10,15,17H,7-8,11-13H2,(H2,24,27). The summed E-state index contributed by atoms with van der Waals surface area (Å²) in [5, 5.41) is 1.08. The van der Waals surface area contributed by atoms with Crippen LogP contribution in [-0.4, -0.2) is 27.3 Å². The average Bonchev–Trinajstić information content (AvgIpc) is 2.75. The quantitative estimate of drug-likeness (QED) is 0.479. The molecule has 0 saturated heterocycles. The van der Waals surface area contributed by atoms with Crippen molar-refractivity contribution in [3.05, 3.63) is 64.7 Å². The Balaban J connectivity index is 1.55. The maximum absolute atomic E-state index is 13.2. The lowest BCUT2D eigenvalue weighted by Gasteiger charge is -2.31. The Morgan fingerprint density at radius 1 is 1.13 bits per heavy atom. The molecular weight excluding hydrogens is 405 g/mol. The molecule has 1 amide bonds. The molecule has 1 saturated carbocycles. The second-order valence-electron chi connectivity index (χ2n) is 7.34. The van der Waals surface area contributed by atoms with Gasteiger partial charge in [0, 0.05) is 6.04 Å². The van der Waals surface area contributed by atoms with Gasteiger partial charge in [-0.1, -0.05) is 23.9 Å². The SMILES string of the molecule is NC(=O)CSc1nc2ccccc2c(=O)n1C1CCC(Oc2ccc(F)cc2)CC1. The van der Waals surface area contributed by atoms with Crippen molar-refractivity contribution in [2.45, 2.75) is 43.0 Å². The van der Waals surface area contributed by atoms with Crippen molar-refractivity contribution in [1.29, 1.82) is 0 Å². The van der Waals surface area contributed by atoms with Crippen LogP contribution in [0, 0.1) is 5.82 Å². The van der Waals surface area contributed by atoms with Crippen molar-refractivity contribution in [3.63, 3.8) is 0 Å². The number of thioether (sulfide) groups is 1. The normalized spacial score (nSPS) is 19.0. The van der Waals surface area contributed by atoms with Crippen molar-refractivity contribution in [2.24, 2.45) is 5.73 Å². The lowest BCUT2D eigenvalue weighted by atomic mass is 9.92. The van der Waals surface area contributed by atoms with E-state index in [1.807, 2.05) is 12.1 Å². The second kappa shape index (κ2) is 8.87. The van der Waals surface area contributed by atoms with E-state index in [0.29, 0.717) is 21.8 Å². The molecule has 0 aliphatic heterocycles. The minimum absolute atomic E-state index is 0.0116. The Bertz CT molecular complexity index is 1110. The van der Waals surface area contributed by atoms with Crippen LogP contribution in [-0.2, 0) is 4.79 Å². The number of nitrogens with zero attached hydrogens (tertiary/aromatic N) is 2. The smallest absolute Gasteiger partial charge is 0.262 e. The molecule has 156 valence electrons. The van der Waals surface area contributed by atoms with Crippen LogP contribution in [0.1, 0.15) is 31.7 Å². The second-order valence-corrected chi connectivity index (χ2v) is 8.29. The van der Waals surface area contributed by atoms with Gasteiger partial charge in [0.15, 0.2) is 5.16 Å². The Hall–Kier alpha value is -2.87. The third kappa shape index (κ3) is 4.48. The third-order valence-electron chi connectivity index (χ3n) is 5.24. The number of ether oxygens (including phenoxy) is 1. The first kappa shape index (κ1) is 20.4. The lowest BCUT2D eigenvalue weighted by Crippen LogP contribution is -2.33.